The van der Waals surface area contributed by atoms with E-state index in [4.69, 9.17) is 10.5 Å². The monoisotopic (exact) mass is 283 g/mol. The summed E-state index contributed by atoms with van der Waals surface area (Å²) < 4.78 is 6.50. The molecule has 2 nitrogen and oxygen atoms in total. The Morgan fingerprint density at radius 1 is 1.50 bits per heavy atom. The van der Waals surface area contributed by atoms with Gasteiger partial charge in [0, 0.05) is 5.54 Å². The van der Waals surface area contributed by atoms with E-state index in [1.807, 2.05) is 39.0 Å². The summed E-state index contributed by atoms with van der Waals surface area (Å²) in [5.74, 6) is 0.816. The molecule has 16 heavy (non-hydrogen) atoms. The Morgan fingerprint density at radius 3 is 2.56 bits per heavy atom. The van der Waals surface area contributed by atoms with E-state index in [2.05, 4.69) is 22.5 Å². The standard InChI is InChI=1S/C13H18BrNO/c1-9(2)8-16-12-6-5-10(7-11(12)14)13(3,4)15/h5-7H,1,8,15H2,2-4H3. The van der Waals surface area contributed by atoms with Gasteiger partial charge in [-0.2, -0.15) is 0 Å². The number of halogens is 1. The van der Waals surface area contributed by atoms with Gasteiger partial charge in [-0.05, 0) is 60.0 Å². The van der Waals surface area contributed by atoms with Crippen LogP contribution in [0.4, 0.5) is 0 Å². The number of hydrogen-bond acceptors (Lipinski definition) is 2. The second kappa shape index (κ2) is 5.02. The maximum atomic E-state index is 6.02. The third kappa shape index (κ3) is 3.65. The molecule has 88 valence electrons. The Bertz CT molecular complexity index is 393. The second-order valence-corrected chi connectivity index (χ2v) is 5.47. The van der Waals surface area contributed by atoms with Crippen LogP contribution in [0.3, 0.4) is 0 Å². The van der Waals surface area contributed by atoms with E-state index in [1.165, 1.54) is 0 Å². The van der Waals surface area contributed by atoms with E-state index < -0.39 is 0 Å². The summed E-state index contributed by atoms with van der Waals surface area (Å²) in [7, 11) is 0. The van der Waals surface area contributed by atoms with Crippen LogP contribution >= 0.6 is 15.9 Å². The van der Waals surface area contributed by atoms with Crippen molar-refractivity contribution in [3.8, 4) is 5.75 Å². The highest BCUT2D eigenvalue weighted by atomic mass is 79.9. The molecule has 0 aliphatic rings. The smallest absolute Gasteiger partial charge is 0.133 e. The fourth-order valence-corrected chi connectivity index (χ4v) is 1.71. The van der Waals surface area contributed by atoms with Crippen molar-refractivity contribution in [1.29, 1.82) is 0 Å². The highest BCUT2D eigenvalue weighted by Gasteiger charge is 2.15. The summed E-state index contributed by atoms with van der Waals surface area (Å²) in [6, 6.07) is 5.91. The Hall–Kier alpha value is -0.800. The molecule has 1 aromatic carbocycles. The fourth-order valence-electron chi connectivity index (χ4n) is 1.22. The average molecular weight is 284 g/mol. The molecule has 0 aliphatic heterocycles. The fraction of sp³-hybridized carbons (Fsp3) is 0.385. The summed E-state index contributed by atoms with van der Waals surface area (Å²) in [6.07, 6.45) is 0. The van der Waals surface area contributed by atoms with Crippen molar-refractivity contribution in [2.45, 2.75) is 26.3 Å². The first-order chi connectivity index (χ1) is 7.30. The molecular weight excluding hydrogens is 266 g/mol. The molecule has 0 bridgehead atoms. The largest absolute Gasteiger partial charge is 0.488 e. The summed E-state index contributed by atoms with van der Waals surface area (Å²) in [4.78, 5) is 0. The lowest BCUT2D eigenvalue weighted by atomic mass is 9.96. The van der Waals surface area contributed by atoms with Crippen LogP contribution in [0.25, 0.3) is 0 Å². The van der Waals surface area contributed by atoms with E-state index >= 15 is 0 Å². The predicted molar refractivity (Wildman–Crippen MR) is 71.7 cm³/mol. The van der Waals surface area contributed by atoms with E-state index in [9.17, 15) is 0 Å². The molecule has 0 radical (unpaired) electrons. The Kier molecular flexibility index (Phi) is 4.16. The van der Waals surface area contributed by atoms with Crippen molar-refractivity contribution in [3.63, 3.8) is 0 Å². The van der Waals surface area contributed by atoms with Crippen LogP contribution in [0, 0.1) is 0 Å². The van der Waals surface area contributed by atoms with E-state index in [0.29, 0.717) is 6.61 Å². The van der Waals surface area contributed by atoms with Gasteiger partial charge in [0.25, 0.3) is 0 Å². The zero-order valence-corrected chi connectivity index (χ0v) is 11.6. The Morgan fingerprint density at radius 2 is 2.12 bits per heavy atom. The molecule has 0 aliphatic carbocycles. The van der Waals surface area contributed by atoms with Gasteiger partial charge >= 0.3 is 0 Å². The highest BCUT2D eigenvalue weighted by Crippen LogP contribution is 2.29. The van der Waals surface area contributed by atoms with E-state index in [-0.39, 0.29) is 5.54 Å². The highest BCUT2D eigenvalue weighted by molar-refractivity contribution is 9.10. The number of benzene rings is 1. The third-order valence-electron chi connectivity index (χ3n) is 2.15. The minimum Gasteiger partial charge on any atom is -0.488 e. The van der Waals surface area contributed by atoms with Gasteiger partial charge in [-0.15, -0.1) is 0 Å². The van der Waals surface area contributed by atoms with Crippen molar-refractivity contribution in [3.05, 3.63) is 40.4 Å². The number of rotatable bonds is 4. The summed E-state index contributed by atoms with van der Waals surface area (Å²) >= 11 is 3.48. The number of hydrogen-bond donors (Lipinski definition) is 1. The Labute approximate surface area is 106 Å². The normalized spacial score (nSPS) is 11.3. The summed E-state index contributed by atoms with van der Waals surface area (Å²) in [5, 5.41) is 0. The van der Waals surface area contributed by atoms with E-state index in [1.54, 1.807) is 0 Å². The maximum absolute atomic E-state index is 6.02. The minimum absolute atomic E-state index is 0.338. The molecule has 0 amide bonds. The van der Waals surface area contributed by atoms with Crippen molar-refractivity contribution in [2.24, 2.45) is 5.73 Å². The van der Waals surface area contributed by atoms with Gasteiger partial charge in [0.05, 0.1) is 4.47 Å². The van der Waals surface area contributed by atoms with Crippen LogP contribution in [-0.2, 0) is 5.54 Å². The van der Waals surface area contributed by atoms with Crippen LogP contribution < -0.4 is 10.5 Å². The van der Waals surface area contributed by atoms with Gasteiger partial charge in [0.1, 0.15) is 12.4 Å². The van der Waals surface area contributed by atoms with Gasteiger partial charge in [-0.1, -0.05) is 12.6 Å². The van der Waals surface area contributed by atoms with Crippen LogP contribution in [0.2, 0.25) is 0 Å². The van der Waals surface area contributed by atoms with Crippen molar-refractivity contribution < 1.29 is 4.74 Å². The lowest BCUT2D eigenvalue weighted by Gasteiger charge is -2.20. The molecule has 3 heteroatoms. The van der Waals surface area contributed by atoms with Crippen LogP contribution in [0.15, 0.2) is 34.8 Å². The lowest BCUT2D eigenvalue weighted by molar-refractivity contribution is 0.350. The van der Waals surface area contributed by atoms with Gasteiger partial charge in [-0.3, -0.25) is 0 Å². The van der Waals surface area contributed by atoms with Gasteiger partial charge in [0.15, 0.2) is 0 Å². The first-order valence-corrected chi connectivity index (χ1v) is 5.96. The molecule has 0 heterocycles. The first-order valence-electron chi connectivity index (χ1n) is 5.17. The van der Waals surface area contributed by atoms with Gasteiger partial charge in [0.2, 0.25) is 0 Å². The van der Waals surface area contributed by atoms with Crippen LogP contribution in [0.1, 0.15) is 26.3 Å². The number of nitrogens with two attached hydrogens (primary N) is 1. The SMILES string of the molecule is C=C(C)COc1ccc(C(C)(C)N)cc1Br. The zero-order chi connectivity index (χ0) is 12.3. The van der Waals surface area contributed by atoms with Gasteiger partial charge in [-0.25, -0.2) is 0 Å². The summed E-state index contributed by atoms with van der Waals surface area (Å²) in [6.45, 7) is 10.2. The molecule has 0 unspecified atom stereocenters. The van der Waals surface area contributed by atoms with Gasteiger partial charge < -0.3 is 10.5 Å². The quantitative estimate of drug-likeness (QED) is 0.857. The third-order valence-corrected chi connectivity index (χ3v) is 2.77. The average Bonchev–Trinajstić information content (AvgIpc) is 2.14. The molecule has 0 aromatic heterocycles. The van der Waals surface area contributed by atoms with Crippen molar-refractivity contribution >= 4 is 15.9 Å². The molecule has 1 rings (SSSR count). The molecular formula is C13H18BrNO. The van der Waals surface area contributed by atoms with Crippen molar-refractivity contribution in [2.75, 3.05) is 6.61 Å². The van der Waals surface area contributed by atoms with Crippen LogP contribution in [-0.4, -0.2) is 6.61 Å². The maximum Gasteiger partial charge on any atom is 0.133 e. The lowest BCUT2D eigenvalue weighted by Crippen LogP contribution is -2.28. The topological polar surface area (TPSA) is 35.2 Å². The first kappa shape index (κ1) is 13.3. The Balaban J connectivity index is 2.88. The number of ether oxygens (including phenoxy) is 1. The minimum atomic E-state index is -0.338. The molecule has 0 fully saturated rings. The van der Waals surface area contributed by atoms with Crippen molar-refractivity contribution in [1.82, 2.24) is 0 Å². The second-order valence-electron chi connectivity index (χ2n) is 4.61. The zero-order valence-electron chi connectivity index (χ0n) is 10.0. The summed E-state index contributed by atoms with van der Waals surface area (Å²) in [5.41, 5.74) is 7.75. The predicted octanol–water partition coefficient (Wildman–Crippen LogP) is 3.60. The molecule has 0 spiro atoms. The molecule has 2 N–H and O–H groups in total. The molecule has 1 aromatic rings. The molecule has 0 saturated heterocycles. The van der Waals surface area contributed by atoms with Crippen LogP contribution in [0.5, 0.6) is 5.75 Å². The molecule has 0 saturated carbocycles. The molecule has 0 atom stereocenters. The van der Waals surface area contributed by atoms with E-state index in [0.717, 1.165) is 21.4 Å².